The van der Waals surface area contributed by atoms with Gasteiger partial charge in [-0.2, -0.15) is 0 Å². The van der Waals surface area contributed by atoms with Gasteiger partial charge in [-0.15, -0.1) is 0 Å². The van der Waals surface area contributed by atoms with Crippen LogP contribution >= 0.6 is 0 Å². The van der Waals surface area contributed by atoms with Crippen LogP contribution in [0.4, 0.5) is 0 Å². The molecule has 5 nitrogen and oxygen atoms in total. The summed E-state index contributed by atoms with van der Waals surface area (Å²) >= 11 is 0. The lowest BCUT2D eigenvalue weighted by atomic mass is 10.0. The molecule has 0 aliphatic rings. The van der Waals surface area contributed by atoms with E-state index in [-0.39, 0.29) is 11.5 Å². The molecule has 0 amide bonds. The average molecular weight is 248 g/mol. The number of carboxylic acid groups (broad SMARTS) is 1. The number of aromatic carboxylic acids is 1. The first-order valence-electron chi connectivity index (χ1n) is 6.07. The van der Waals surface area contributed by atoms with Crippen molar-refractivity contribution in [2.45, 2.75) is 39.5 Å². The van der Waals surface area contributed by atoms with Crippen LogP contribution in [0.5, 0.6) is 0 Å². The van der Waals surface area contributed by atoms with E-state index in [1.807, 2.05) is 20.8 Å². The number of carbonyl (C=O) groups is 1. The number of aromatic nitrogens is 2. The van der Waals surface area contributed by atoms with Crippen LogP contribution in [0.2, 0.25) is 0 Å². The van der Waals surface area contributed by atoms with E-state index in [0.717, 1.165) is 6.42 Å². The Bertz CT molecular complexity index is 587. The third-order valence-electron chi connectivity index (χ3n) is 2.85. The molecule has 0 unspecified atom stereocenters. The molecule has 2 rings (SSSR count). The van der Waals surface area contributed by atoms with Crippen molar-refractivity contribution in [1.29, 1.82) is 0 Å². The van der Waals surface area contributed by atoms with Crippen molar-refractivity contribution in [3.8, 4) is 0 Å². The number of carboxylic acids is 1. The maximum atomic E-state index is 11.3. The first kappa shape index (κ1) is 12.5. The molecule has 0 aliphatic carbocycles. The minimum atomic E-state index is -0.968. The second kappa shape index (κ2) is 4.76. The highest BCUT2D eigenvalue weighted by atomic mass is 16.5. The van der Waals surface area contributed by atoms with Crippen molar-refractivity contribution >= 4 is 17.1 Å². The van der Waals surface area contributed by atoms with Gasteiger partial charge in [-0.3, -0.25) is 0 Å². The summed E-state index contributed by atoms with van der Waals surface area (Å²) in [6.07, 6.45) is 1.57. The Balaban J connectivity index is 2.71. The molecule has 0 saturated heterocycles. The van der Waals surface area contributed by atoms with Crippen molar-refractivity contribution in [2.75, 3.05) is 0 Å². The number of rotatable bonds is 4. The molecular formula is C13H16N2O3. The highest BCUT2D eigenvalue weighted by Gasteiger charge is 2.20. The van der Waals surface area contributed by atoms with Crippen LogP contribution in [-0.4, -0.2) is 21.2 Å². The predicted molar refractivity (Wildman–Crippen MR) is 66.8 cm³/mol. The van der Waals surface area contributed by atoms with Crippen LogP contribution < -0.4 is 0 Å². The lowest BCUT2D eigenvalue weighted by molar-refractivity contribution is 0.0698. The zero-order chi connectivity index (χ0) is 13.3. The Morgan fingerprint density at radius 1 is 1.50 bits per heavy atom. The fourth-order valence-electron chi connectivity index (χ4n) is 1.90. The smallest absolute Gasteiger partial charge is 0.336 e. The van der Waals surface area contributed by atoms with E-state index in [1.165, 1.54) is 0 Å². The van der Waals surface area contributed by atoms with Gasteiger partial charge in [0.15, 0.2) is 0 Å². The minimum Gasteiger partial charge on any atom is -0.478 e. The van der Waals surface area contributed by atoms with E-state index in [9.17, 15) is 9.90 Å². The lowest BCUT2D eigenvalue weighted by Gasteiger charge is -2.06. The molecule has 0 spiro atoms. The highest BCUT2D eigenvalue weighted by Crippen LogP contribution is 2.26. The van der Waals surface area contributed by atoms with E-state index in [1.54, 1.807) is 6.07 Å². The Labute approximate surface area is 105 Å². The van der Waals surface area contributed by atoms with E-state index in [4.69, 9.17) is 4.52 Å². The maximum absolute atomic E-state index is 11.3. The van der Waals surface area contributed by atoms with E-state index < -0.39 is 5.97 Å². The Kier molecular flexibility index (Phi) is 3.32. The molecule has 1 N–H and O–H groups in total. The summed E-state index contributed by atoms with van der Waals surface area (Å²) in [5.74, 6) is -0.822. The van der Waals surface area contributed by atoms with Crippen LogP contribution in [0.1, 0.15) is 54.9 Å². The molecule has 96 valence electrons. The minimum absolute atomic E-state index is 0.146. The number of pyridine rings is 1. The predicted octanol–water partition coefficient (Wildman–Crippen LogP) is 3.00. The molecule has 0 saturated carbocycles. The van der Waals surface area contributed by atoms with Crippen LogP contribution in [0.25, 0.3) is 11.1 Å². The number of aryl methyl sites for hydroxylation is 1. The van der Waals surface area contributed by atoms with Gasteiger partial charge in [0.05, 0.1) is 16.6 Å². The summed E-state index contributed by atoms with van der Waals surface area (Å²) < 4.78 is 5.16. The third-order valence-corrected chi connectivity index (χ3v) is 2.85. The van der Waals surface area contributed by atoms with Crippen LogP contribution in [0.3, 0.4) is 0 Å². The lowest BCUT2D eigenvalue weighted by Crippen LogP contribution is -2.03. The summed E-state index contributed by atoms with van der Waals surface area (Å²) in [5.41, 5.74) is 1.93. The van der Waals surface area contributed by atoms with Crippen LogP contribution in [0, 0.1) is 0 Å². The molecule has 0 aromatic carbocycles. The van der Waals surface area contributed by atoms with Gasteiger partial charge < -0.3 is 9.63 Å². The SMILES string of the molecule is CCCc1noc2nc(C(C)C)cc(C(=O)O)c12. The van der Waals surface area contributed by atoms with E-state index in [2.05, 4.69) is 10.1 Å². The van der Waals surface area contributed by atoms with Gasteiger partial charge in [-0.1, -0.05) is 32.3 Å². The summed E-state index contributed by atoms with van der Waals surface area (Å²) in [6.45, 7) is 5.93. The Hall–Kier alpha value is -1.91. The second-order valence-electron chi connectivity index (χ2n) is 4.61. The summed E-state index contributed by atoms with van der Waals surface area (Å²) in [6, 6.07) is 1.62. The highest BCUT2D eigenvalue weighted by molar-refractivity contribution is 6.02. The molecule has 5 heteroatoms. The summed E-state index contributed by atoms with van der Waals surface area (Å²) in [5, 5.41) is 13.8. The zero-order valence-electron chi connectivity index (χ0n) is 10.7. The van der Waals surface area contributed by atoms with Crippen LogP contribution in [0.15, 0.2) is 10.6 Å². The normalized spacial score (nSPS) is 11.3. The first-order chi connectivity index (χ1) is 8.54. The number of fused-ring (bicyclic) bond motifs is 1. The van der Waals surface area contributed by atoms with Gasteiger partial charge in [-0.25, -0.2) is 9.78 Å². The molecule has 2 aromatic rings. The summed E-state index contributed by atoms with van der Waals surface area (Å²) in [4.78, 5) is 15.7. The van der Waals surface area contributed by atoms with Crippen molar-refractivity contribution in [3.63, 3.8) is 0 Å². The molecule has 0 aliphatic heterocycles. The molecular weight excluding hydrogens is 232 g/mol. The monoisotopic (exact) mass is 248 g/mol. The third kappa shape index (κ3) is 2.08. The van der Waals surface area contributed by atoms with E-state index in [0.29, 0.717) is 28.9 Å². The van der Waals surface area contributed by atoms with Crippen molar-refractivity contribution in [1.82, 2.24) is 10.1 Å². The molecule has 0 radical (unpaired) electrons. The van der Waals surface area contributed by atoms with Crippen LogP contribution in [-0.2, 0) is 6.42 Å². The number of nitrogens with zero attached hydrogens (tertiary/aromatic N) is 2. The van der Waals surface area contributed by atoms with Gasteiger partial charge in [0.25, 0.3) is 5.71 Å². The standard InChI is InChI=1S/C13H16N2O3/c1-4-5-9-11-8(13(16)17)6-10(7(2)3)14-12(11)18-15-9/h6-7H,4-5H2,1-3H3,(H,16,17). The molecule has 18 heavy (non-hydrogen) atoms. The maximum Gasteiger partial charge on any atom is 0.336 e. The molecule has 0 fully saturated rings. The fraction of sp³-hybridized carbons (Fsp3) is 0.462. The molecule has 0 bridgehead atoms. The second-order valence-corrected chi connectivity index (χ2v) is 4.61. The Morgan fingerprint density at radius 2 is 2.22 bits per heavy atom. The first-order valence-corrected chi connectivity index (χ1v) is 6.07. The van der Waals surface area contributed by atoms with Gasteiger partial charge >= 0.3 is 5.97 Å². The van der Waals surface area contributed by atoms with Crippen molar-refractivity contribution in [3.05, 3.63) is 23.0 Å². The Morgan fingerprint density at radius 3 is 2.78 bits per heavy atom. The van der Waals surface area contributed by atoms with Gasteiger partial charge in [0.1, 0.15) is 0 Å². The van der Waals surface area contributed by atoms with Gasteiger partial charge in [0, 0.05) is 5.69 Å². The topological polar surface area (TPSA) is 76.2 Å². The summed E-state index contributed by atoms with van der Waals surface area (Å²) in [7, 11) is 0. The van der Waals surface area contributed by atoms with Crippen molar-refractivity contribution < 1.29 is 14.4 Å². The zero-order valence-corrected chi connectivity index (χ0v) is 10.7. The van der Waals surface area contributed by atoms with Gasteiger partial charge in [0.2, 0.25) is 0 Å². The number of hydrogen-bond acceptors (Lipinski definition) is 4. The average Bonchev–Trinajstić information content (AvgIpc) is 2.71. The fourth-order valence-corrected chi connectivity index (χ4v) is 1.90. The van der Waals surface area contributed by atoms with E-state index >= 15 is 0 Å². The largest absolute Gasteiger partial charge is 0.478 e. The quantitative estimate of drug-likeness (QED) is 0.900. The molecule has 0 atom stereocenters. The molecule has 2 heterocycles. The molecule has 2 aromatic heterocycles. The number of hydrogen-bond donors (Lipinski definition) is 1. The van der Waals surface area contributed by atoms with Gasteiger partial charge in [-0.05, 0) is 18.4 Å². The van der Waals surface area contributed by atoms with Crippen molar-refractivity contribution in [2.24, 2.45) is 0 Å².